The molecule has 1 aliphatic rings. The van der Waals surface area contributed by atoms with E-state index in [4.69, 9.17) is 9.47 Å². The molecule has 0 unspecified atom stereocenters. The summed E-state index contributed by atoms with van der Waals surface area (Å²) in [6.45, 7) is 18.9. The van der Waals surface area contributed by atoms with E-state index in [0.29, 0.717) is 6.61 Å². The normalized spacial score (nSPS) is 20.3. The Labute approximate surface area is 182 Å². The van der Waals surface area contributed by atoms with Crippen LogP contribution in [0.2, 0.25) is 0 Å². The van der Waals surface area contributed by atoms with Gasteiger partial charge in [0.25, 0.3) is 0 Å². The van der Waals surface area contributed by atoms with E-state index in [1.165, 1.54) is 6.42 Å². The highest BCUT2D eigenvalue weighted by atomic mass is 127. The van der Waals surface area contributed by atoms with Crippen LogP contribution in [0.4, 0.5) is 4.79 Å². The van der Waals surface area contributed by atoms with Crippen LogP contribution < -0.4 is 0 Å². The third kappa shape index (κ3) is 11.2. The molecule has 1 atom stereocenters. The van der Waals surface area contributed by atoms with Gasteiger partial charge in [-0.15, -0.1) is 0 Å². The Hall–Kier alpha value is 0.690. The lowest BCUT2D eigenvalue weighted by atomic mass is 9.88. The van der Waals surface area contributed by atoms with E-state index in [1.807, 2.05) is 34.6 Å². The highest BCUT2D eigenvalue weighted by Crippen LogP contribution is 2.33. The van der Waals surface area contributed by atoms with Crippen LogP contribution in [0, 0.1) is 5.41 Å². The first-order valence-electron chi connectivity index (χ1n) is 9.03. The molecule has 0 radical (unpaired) electrons. The number of amides is 1. The van der Waals surface area contributed by atoms with Crippen LogP contribution in [0.25, 0.3) is 0 Å². The monoisotopic (exact) mass is 581 g/mol. The van der Waals surface area contributed by atoms with Crippen molar-refractivity contribution in [1.29, 1.82) is 0 Å². The average molecular weight is 581 g/mol. The summed E-state index contributed by atoms with van der Waals surface area (Å²) in [4.78, 5) is 14.2. The van der Waals surface area contributed by atoms with Gasteiger partial charge in [0, 0.05) is 0 Å². The quantitative estimate of drug-likeness (QED) is 0.273. The molecule has 1 heterocycles. The van der Waals surface area contributed by atoms with Gasteiger partial charge in [0.15, 0.2) is 0 Å². The Morgan fingerprint density at radius 3 is 2.08 bits per heavy atom. The Bertz CT molecular complexity index is 412. The van der Waals surface area contributed by atoms with Crippen molar-refractivity contribution >= 4 is 51.3 Å². The largest absolute Gasteiger partial charge is 0.444 e. The minimum atomic E-state index is -0.592. The van der Waals surface area contributed by atoms with Crippen LogP contribution in [0.3, 0.4) is 0 Å². The molecule has 25 heavy (non-hydrogen) atoms. The molecule has 150 valence electrons. The Kier molecular flexibility index (Phi) is 10.6. The van der Waals surface area contributed by atoms with Gasteiger partial charge in [-0.1, -0.05) is 72.9 Å². The maximum atomic E-state index is 12.4. The average Bonchev–Trinajstić information content (AvgIpc) is 2.69. The Morgan fingerprint density at radius 1 is 1.24 bits per heavy atom. The molecule has 0 aromatic carbocycles. The van der Waals surface area contributed by atoms with Crippen molar-refractivity contribution in [2.24, 2.45) is 5.41 Å². The number of rotatable bonds is 3. The minimum Gasteiger partial charge on any atom is -0.444 e. The smallest absolute Gasteiger partial charge is 0.412 e. The maximum absolute atomic E-state index is 12.4. The van der Waals surface area contributed by atoms with Gasteiger partial charge in [-0.05, 0) is 59.3 Å². The predicted octanol–water partition coefficient (Wildman–Crippen LogP) is 6.78. The first-order chi connectivity index (χ1) is 11.1. The molecule has 4 nitrogen and oxygen atoms in total. The molecule has 0 saturated carbocycles. The van der Waals surface area contributed by atoms with Gasteiger partial charge in [-0.2, -0.15) is 0 Å². The summed E-state index contributed by atoms with van der Waals surface area (Å²) in [6, 6.07) is 0.0964. The zero-order valence-electron chi connectivity index (χ0n) is 17.4. The number of carbonyl (C=O) groups is 1. The number of nitrogens with zero attached hydrogens (tertiary/aromatic N) is 1. The van der Waals surface area contributed by atoms with E-state index in [1.54, 1.807) is 4.90 Å². The van der Waals surface area contributed by atoms with Crippen molar-refractivity contribution in [2.45, 2.75) is 101 Å². The number of ether oxygens (including phenoxy) is 2. The molecule has 0 aliphatic carbocycles. The van der Waals surface area contributed by atoms with Gasteiger partial charge in [-0.3, -0.25) is 4.90 Å². The summed E-state index contributed by atoms with van der Waals surface area (Å²) in [5, 5.41) is 0. The van der Waals surface area contributed by atoms with E-state index in [-0.39, 0.29) is 17.6 Å². The molecule has 1 amide bonds. The molecule has 1 fully saturated rings. The second-order valence-corrected chi connectivity index (χ2v) is 14.6. The third-order valence-electron chi connectivity index (χ3n) is 3.70. The van der Waals surface area contributed by atoms with Crippen LogP contribution in [0.15, 0.2) is 0 Å². The van der Waals surface area contributed by atoms with Crippen LogP contribution in [-0.2, 0) is 9.47 Å². The highest BCUT2D eigenvalue weighted by Gasteiger charge is 2.45. The second kappa shape index (κ2) is 10.3. The predicted molar refractivity (Wildman–Crippen MR) is 123 cm³/mol. The molecule has 0 spiro atoms. The van der Waals surface area contributed by atoms with E-state index in [9.17, 15) is 4.79 Å². The van der Waals surface area contributed by atoms with Crippen molar-refractivity contribution in [1.82, 2.24) is 4.90 Å². The fourth-order valence-electron chi connectivity index (χ4n) is 2.38. The van der Waals surface area contributed by atoms with Gasteiger partial charge in [0.1, 0.15) is 11.3 Å². The molecule has 1 rings (SSSR count). The van der Waals surface area contributed by atoms with Gasteiger partial charge in [0.05, 0.1) is 14.6 Å². The second-order valence-electron chi connectivity index (χ2n) is 9.16. The Morgan fingerprint density at radius 2 is 1.72 bits per heavy atom. The lowest BCUT2D eigenvalue weighted by Crippen LogP contribution is -2.50. The fourth-order valence-corrected chi connectivity index (χ4v) is 2.38. The summed E-state index contributed by atoms with van der Waals surface area (Å²) >= 11 is 4.79. The SMILES string of the molecule is CC(C)(C)CC[C@H]1COC(C)(C)N1C(=O)OC(C)(C)C.CCC(I)I. The molecule has 0 N–H and O–H groups in total. The molecular weight excluding hydrogens is 544 g/mol. The standard InChI is InChI=1S/C16H31NO3.C3H6I2/c1-14(2,3)10-9-12-11-19-16(7,8)17(12)13(18)20-15(4,5)6;1-2-3(4)5/h12H,9-11H2,1-8H3;3H,2H2,1H3/t12-;/m0./s1. The molecule has 1 aliphatic heterocycles. The molecular formula is C19H37I2NO3. The van der Waals surface area contributed by atoms with Gasteiger partial charge in [-0.25, -0.2) is 4.79 Å². The number of halogens is 2. The number of hydrogen-bond donors (Lipinski definition) is 0. The molecule has 0 aromatic heterocycles. The fraction of sp³-hybridized carbons (Fsp3) is 0.947. The van der Waals surface area contributed by atoms with Crippen molar-refractivity contribution in [3.05, 3.63) is 0 Å². The van der Waals surface area contributed by atoms with Crippen molar-refractivity contribution in [3.8, 4) is 0 Å². The number of hydrogen-bond acceptors (Lipinski definition) is 3. The molecule has 0 bridgehead atoms. The van der Waals surface area contributed by atoms with Crippen LogP contribution in [0.1, 0.15) is 81.6 Å². The van der Waals surface area contributed by atoms with Crippen molar-refractivity contribution in [2.75, 3.05) is 6.61 Å². The Balaban J connectivity index is 0.00000101. The summed E-state index contributed by atoms with van der Waals surface area (Å²) < 4.78 is 12.1. The molecule has 6 heteroatoms. The van der Waals surface area contributed by atoms with Gasteiger partial charge >= 0.3 is 6.09 Å². The zero-order valence-corrected chi connectivity index (χ0v) is 21.7. The van der Waals surface area contributed by atoms with Crippen LogP contribution in [-0.4, -0.2) is 36.9 Å². The lowest BCUT2D eigenvalue weighted by Gasteiger charge is -2.35. The first-order valence-corrected chi connectivity index (χ1v) is 11.5. The summed E-state index contributed by atoms with van der Waals surface area (Å²) in [5.74, 6) is 0. The van der Waals surface area contributed by atoms with Crippen LogP contribution in [0.5, 0.6) is 0 Å². The van der Waals surface area contributed by atoms with Gasteiger partial charge < -0.3 is 9.47 Å². The summed E-state index contributed by atoms with van der Waals surface area (Å²) in [5.41, 5.74) is -0.818. The van der Waals surface area contributed by atoms with E-state index in [2.05, 4.69) is 72.9 Å². The summed E-state index contributed by atoms with van der Waals surface area (Å²) in [6.07, 6.45) is 2.99. The number of alkyl halides is 2. The van der Waals surface area contributed by atoms with E-state index < -0.39 is 11.3 Å². The minimum absolute atomic E-state index is 0.0964. The van der Waals surface area contributed by atoms with Crippen LogP contribution >= 0.6 is 45.2 Å². The maximum Gasteiger partial charge on any atom is 0.412 e. The molecule has 1 saturated heterocycles. The van der Waals surface area contributed by atoms with Crippen molar-refractivity contribution in [3.63, 3.8) is 0 Å². The van der Waals surface area contributed by atoms with E-state index in [0.717, 1.165) is 14.8 Å². The first kappa shape index (κ1) is 25.7. The topological polar surface area (TPSA) is 38.8 Å². The van der Waals surface area contributed by atoms with Gasteiger partial charge in [0.2, 0.25) is 0 Å². The van der Waals surface area contributed by atoms with Crippen molar-refractivity contribution < 1.29 is 14.3 Å². The zero-order chi connectivity index (χ0) is 20.1. The third-order valence-corrected chi connectivity index (χ3v) is 5.46. The molecule has 0 aromatic rings. The number of carbonyl (C=O) groups excluding carboxylic acids is 1. The lowest BCUT2D eigenvalue weighted by molar-refractivity contribution is -0.0629. The summed E-state index contributed by atoms with van der Waals surface area (Å²) in [7, 11) is 0. The highest BCUT2D eigenvalue weighted by molar-refractivity contribution is 14.2. The van der Waals surface area contributed by atoms with E-state index >= 15 is 0 Å².